The molecule has 0 unspecified atom stereocenters. The van der Waals surface area contributed by atoms with Crippen molar-refractivity contribution in [2.24, 2.45) is 0 Å². The highest BCUT2D eigenvalue weighted by molar-refractivity contribution is 6.34. The Balaban J connectivity index is 2.04. The molecule has 1 saturated heterocycles. The quantitative estimate of drug-likeness (QED) is 0.864. The third-order valence-electron chi connectivity index (χ3n) is 3.18. The number of ether oxygens (including phenoxy) is 1. The molecule has 1 aromatic rings. The van der Waals surface area contributed by atoms with Gasteiger partial charge in [-0.25, -0.2) is 0 Å². The first-order chi connectivity index (χ1) is 9.47. The van der Waals surface area contributed by atoms with Crippen molar-refractivity contribution in [3.05, 3.63) is 28.8 Å². The lowest BCUT2D eigenvalue weighted by Gasteiger charge is -2.29. The molecule has 1 fully saturated rings. The summed E-state index contributed by atoms with van der Waals surface area (Å²) in [5.41, 5.74) is 1.00. The number of ketones is 1. The number of hydrogen-bond acceptors (Lipinski definition) is 4. The van der Waals surface area contributed by atoms with Crippen molar-refractivity contribution < 1.29 is 14.3 Å². The van der Waals surface area contributed by atoms with E-state index in [0.717, 1.165) is 6.54 Å². The predicted octanol–water partition coefficient (Wildman–Crippen LogP) is 1.81. The third kappa shape index (κ3) is 3.56. The zero-order valence-electron chi connectivity index (χ0n) is 11.5. The van der Waals surface area contributed by atoms with Crippen molar-refractivity contribution in [1.82, 2.24) is 4.90 Å². The Kier molecular flexibility index (Phi) is 4.75. The molecule has 1 N–H and O–H groups in total. The van der Waals surface area contributed by atoms with Crippen LogP contribution in [0.1, 0.15) is 17.3 Å². The summed E-state index contributed by atoms with van der Waals surface area (Å²) < 4.78 is 5.43. The first-order valence-electron chi connectivity index (χ1n) is 6.39. The first-order valence-corrected chi connectivity index (χ1v) is 6.76. The van der Waals surface area contributed by atoms with Crippen LogP contribution in [0.2, 0.25) is 5.02 Å². The van der Waals surface area contributed by atoms with Gasteiger partial charge in [0.05, 0.1) is 11.6 Å². The molecular formula is C14H17ClN2O3. The third-order valence-corrected chi connectivity index (χ3v) is 3.49. The number of likely N-dealkylation sites (N-methyl/N-ethyl adjacent to an activating group) is 1. The van der Waals surface area contributed by atoms with Crippen LogP contribution in [0.15, 0.2) is 18.2 Å². The number of nitrogens with zero attached hydrogens (tertiary/aromatic N) is 1. The smallest absolute Gasteiger partial charge is 0.254 e. The molecule has 0 bridgehead atoms. The number of anilines is 1. The van der Waals surface area contributed by atoms with E-state index < -0.39 is 6.10 Å². The van der Waals surface area contributed by atoms with E-state index in [4.69, 9.17) is 16.3 Å². The number of hydrogen-bond donors (Lipinski definition) is 1. The molecule has 6 heteroatoms. The van der Waals surface area contributed by atoms with Crippen LogP contribution in [0, 0.1) is 0 Å². The molecular weight excluding hydrogens is 280 g/mol. The van der Waals surface area contributed by atoms with E-state index >= 15 is 0 Å². The van der Waals surface area contributed by atoms with Crippen molar-refractivity contribution in [3.63, 3.8) is 0 Å². The molecule has 0 spiro atoms. The summed E-state index contributed by atoms with van der Waals surface area (Å²) in [5, 5.41) is 3.08. The number of amides is 1. The minimum Gasteiger partial charge on any atom is -0.366 e. The molecule has 1 aliphatic rings. The monoisotopic (exact) mass is 296 g/mol. The molecule has 5 nitrogen and oxygen atoms in total. The number of Topliss-reactive ketones (excluding diaryl/α,β-unsaturated/α-hetero) is 1. The van der Waals surface area contributed by atoms with Crippen LogP contribution in [0.25, 0.3) is 0 Å². The van der Waals surface area contributed by atoms with E-state index in [2.05, 4.69) is 5.32 Å². The van der Waals surface area contributed by atoms with Crippen LogP contribution in [0.3, 0.4) is 0 Å². The first kappa shape index (κ1) is 15.0. The zero-order chi connectivity index (χ0) is 14.7. The molecule has 0 aliphatic carbocycles. The molecule has 1 aliphatic heterocycles. The Hall–Kier alpha value is -1.43. The molecule has 0 aromatic heterocycles. The lowest BCUT2D eigenvalue weighted by atomic mass is 10.1. The van der Waals surface area contributed by atoms with E-state index in [0.29, 0.717) is 29.4 Å². The normalized spacial score (nSPS) is 19.6. The maximum Gasteiger partial charge on any atom is 0.254 e. The van der Waals surface area contributed by atoms with E-state index in [-0.39, 0.29) is 11.7 Å². The van der Waals surface area contributed by atoms with E-state index in [1.165, 1.54) is 6.92 Å². The molecule has 108 valence electrons. The summed E-state index contributed by atoms with van der Waals surface area (Å²) in [6.45, 7) is 3.37. The summed E-state index contributed by atoms with van der Waals surface area (Å²) in [5.74, 6) is -0.312. The lowest BCUT2D eigenvalue weighted by molar-refractivity contribution is -0.132. The van der Waals surface area contributed by atoms with Gasteiger partial charge in [0.1, 0.15) is 6.10 Å². The second-order valence-electron chi connectivity index (χ2n) is 4.86. The van der Waals surface area contributed by atoms with Crippen LogP contribution < -0.4 is 5.32 Å². The van der Waals surface area contributed by atoms with Gasteiger partial charge in [0, 0.05) is 24.3 Å². The van der Waals surface area contributed by atoms with E-state index in [9.17, 15) is 9.59 Å². The highest BCUT2D eigenvalue weighted by Crippen LogP contribution is 2.21. The van der Waals surface area contributed by atoms with Crippen LogP contribution in [0.5, 0.6) is 0 Å². The van der Waals surface area contributed by atoms with Gasteiger partial charge in [0.25, 0.3) is 5.91 Å². The highest BCUT2D eigenvalue weighted by atomic mass is 35.5. The maximum absolute atomic E-state index is 12.1. The molecule has 0 radical (unpaired) electrons. The Morgan fingerprint density at radius 1 is 1.45 bits per heavy atom. The van der Waals surface area contributed by atoms with Crippen molar-refractivity contribution in [3.8, 4) is 0 Å². The van der Waals surface area contributed by atoms with Crippen LogP contribution in [-0.4, -0.2) is 49.4 Å². The summed E-state index contributed by atoms with van der Waals surface area (Å²) in [7, 11) is 1.95. The summed E-state index contributed by atoms with van der Waals surface area (Å²) >= 11 is 6.01. The SMILES string of the molecule is CC(=O)c1ccc(NC(=O)[C@@H]2CN(C)CCO2)cc1Cl. The summed E-state index contributed by atoms with van der Waals surface area (Å²) in [6.07, 6.45) is -0.486. The van der Waals surface area contributed by atoms with Gasteiger partial charge in [-0.3, -0.25) is 9.59 Å². The van der Waals surface area contributed by atoms with Gasteiger partial charge in [-0.15, -0.1) is 0 Å². The Morgan fingerprint density at radius 2 is 2.20 bits per heavy atom. The minimum absolute atomic E-state index is 0.106. The summed E-state index contributed by atoms with van der Waals surface area (Å²) in [4.78, 5) is 25.4. The standard InChI is InChI=1S/C14H17ClN2O3/c1-9(18)11-4-3-10(7-12(11)15)16-14(19)13-8-17(2)5-6-20-13/h3-4,7,13H,5-6,8H2,1-2H3,(H,16,19)/t13-/m0/s1. The average Bonchev–Trinajstić information content (AvgIpc) is 2.38. The summed E-state index contributed by atoms with van der Waals surface area (Å²) in [6, 6.07) is 4.84. The number of benzene rings is 1. The van der Waals surface area contributed by atoms with Crippen LogP contribution in [0.4, 0.5) is 5.69 Å². The molecule has 1 heterocycles. The molecule has 2 rings (SSSR count). The lowest BCUT2D eigenvalue weighted by Crippen LogP contribution is -2.46. The molecule has 0 saturated carbocycles. The topological polar surface area (TPSA) is 58.6 Å². The highest BCUT2D eigenvalue weighted by Gasteiger charge is 2.24. The van der Waals surface area contributed by atoms with Crippen molar-refractivity contribution in [2.75, 3.05) is 32.1 Å². The van der Waals surface area contributed by atoms with Gasteiger partial charge in [0.15, 0.2) is 5.78 Å². The molecule has 1 aromatic carbocycles. The van der Waals surface area contributed by atoms with E-state index in [1.54, 1.807) is 18.2 Å². The molecule has 20 heavy (non-hydrogen) atoms. The number of rotatable bonds is 3. The van der Waals surface area contributed by atoms with Gasteiger partial charge in [-0.1, -0.05) is 11.6 Å². The Labute approximate surface area is 122 Å². The van der Waals surface area contributed by atoms with Gasteiger partial charge in [-0.05, 0) is 32.2 Å². The van der Waals surface area contributed by atoms with Gasteiger partial charge >= 0.3 is 0 Å². The average molecular weight is 297 g/mol. The fourth-order valence-corrected chi connectivity index (χ4v) is 2.35. The predicted molar refractivity (Wildman–Crippen MR) is 77.3 cm³/mol. The van der Waals surface area contributed by atoms with Crippen LogP contribution >= 0.6 is 11.6 Å². The van der Waals surface area contributed by atoms with Crippen LogP contribution in [-0.2, 0) is 9.53 Å². The van der Waals surface area contributed by atoms with Crippen molar-refractivity contribution in [1.29, 1.82) is 0 Å². The minimum atomic E-state index is -0.486. The van der Waals surface area contributed by atoms with Gasteiger partial charge in [0.2, 0.25) is 0 Å². The van der Waals surface area contributed by atoms with Crippen molar-refractivity contribution >= 4 is 29.0 Å². The number of carbonyl (C=O) groups excluding carboxylic acids is 2. The number of morpholine rings is 1. The molecule has 1 amide bonds. The van der Waals surface area contributed by atoms with Gasteiger partial charge in [-0.2, -0.15) is 0 Å². The second kappa shape index (κ2) is 6.35. The number of halogens is 1. The van der Waals surface area contributed by atoms with E-state index in [1.807, 2.05) is 11.9 Å². The fraction of sp³-hybridized carbons (Fsp3) is 0.429. The largest absolute Gasteiger partial charge is 0.366 e. The molecule has 1 atom stereocenters. The fourth-order valence-electron chi connectivity index (χ4n) is 2.04. The number of carbonyl (C=O) groups is 2. The zero-order valence-corrected chi connectivity index (χ0v) is 12.2. The Morgan fingerprint density at radius 3 is 2.80 bits per heavy atom. The van der Waals surface area contributed by atoms with Gasteiger partial charge < -0.3 is 15.0 Å². The number of nitrogens with one attached hydrogen (secondary N) is 1. The second-order valence-corrected chi connectivity index (χ2v) is 5.27. The Bertz CT molecular complexity index is 533. The van der Waals surface area contributed by atoms with Crippen molar-refractivity contribution in [2.45, 2.75) is 13.0 Å². The maximum atomic E-state index is 12.1.